The second-order valence-corrected chi connectivity index (χ2v) is 7.54. The predicted molar refractivity (Wildman–Crippen MR) is 120 cm³/mol. The van der Waals surface area contributed by atoms with E-state index in [1.165, 1.54) is 5.56 Å². The fraction of sp³-hybridized carbons (Fsp3) is 0.125. The first-order chi connectivity index (χ1) is 14.6. The highest BCUT2D eigenvalue weighted by Gasteiger charge is 2.21. The van der Waals surface area contributed by atoms with E-state index >= 15 is 0 Å². The zero-order chi connectivity index (χ0) is 20.7. The van der Waals surface area contributed by atoms with Gasteiger partial charge in [0.1, 0.15) is 0 Å². The van der Waals surface area contributed by atoms with Gasteiger partial charge in [0, 0.05) is 46.0 Å². The summed E-state index contributed by atoms with van der Waals surface area (Å²) in [5.41, 5.74) is 8.49. The maximum Gasteiger partial charge on any atom is 0.246 e. The molecule has 2 aromatic heterocycles. The Balaban J connectivity index is 1.34. The van der Waals surface area contributed by atoms with E-state index in [-0.39, 0.29) is 6.04 Å². The van der Waals surface area contributed by atoms with E-state index in [9.17, 15) is 0 Å². The molecule has 148 valence electrons. The Hall–Kier alpha value is -3.93. The Morgan fingerprint density at radius 2 is 1.73 bits per heavy atom. The highest BCUT2D eigenvalue weighted by molar-refractivity contribution is 5.73. The van der Waals surface area contributed by atoms with Crippen LogP contribution >= 0.6 is 0 Å². The van der Waals surface area contributed by atoms with E-state index in [2.05, 4.69) is 74.6 Å². The number of anilines is 2. The smallest absolute Gasteiger partial charge is 0.246 e. The molecule has 1 atom stereocenters. The van der Waals surface area contributed by atoms with Crippen molar-refractivity contribution in [3.8, 4) is 22.5 Å². The minimum atomic E-state index is 0.249. The van der Waals surface area contributed by atoms with Gasteiger partial charge in [0.25, 0.3) is 0 Å². The van der Waals surface area contributed by atoms with Gasteiger partial charge in [-0.15, -0.1) is 5.10 Å². The van der Waals surface area contributed by atoms with Gasteiger partial charge in [-0.3, -0.25) is 10.1 Å². The standard InChI is InChI=1S/C24H22N6/c1-14-4-5-19(13-25-14)17-6-8-18(9-7-17)23-28-24(30-29-23)27-20-10-11-21-15(2)26-16(3)22(21)12-20/h4-13,16,26H,2H2,1,3H3,(H2,27,28,29,30). The van der Waals surface area contributed by atoms with Crippen molar-refractivity contribution in [3.63, 3.8) is 0 Å². The van der Waals surface area contributed by atoms with E-state index in [1.807, 2.05) is 37.4 Å². The van der Waals surface area contributed by atoms with Gasteiger partial charge in [0.2, 0.25) is 5.95 Å². The van der Waals surface area contributed by atoms with Crippen LogP contribution in [0, 0.1) is 6.92 Å². The largest absolute Gasteiger partial charge is 0.378 e. The highest BCUT2D eigenvalue weighted by Crippen LogP contribution is 2.33. The highest BCUT2D eigenvalue weighted by atomic mass is 15.3. The number of H-pyrrole nitrogens is 1. The summed E-state index contributed by atoms with van der Waals surface area (Å²) in [5, 5.41) is 14.0. The molecule has 0 spiro atoms. The number of aryl methyl sites for hydroxylation is 1. The lowest BCUT2D eigenvalue weighted by Crippen LogP contribution is -2.05. The van der Waals surface area contributed by atoms with Gasteiger partial charge in [0.05, 0.1) is 0 Å². The molecular weight excluding hydrogens is 372 g/mol. The van der Waals surface area contributed by atoms with Crippen LogP contribution in [-0.2, 0) is 0 Å². The van der Waals surface area contributed by atoms with Crippen molar-refractivity contribution in [1.29, 1.82) is 0 Å². The van der Waals surface area contributed by atoms with Crippen molar-refractivity contribution in [1.82, 2.24) is 25.5 Å². The summed E-state index contributed by atoms with van der Waals surface area (Å²) in [6, 6.07) is 18.8. The summed E-state index contributed by atoms with van der Waals surface area (Å²) in [6.07, 6.45) is 1.89. The van der Waals surface area contributed by atoms with Crippen LogP contribution in [-0.4, -0.2) is 20.2 Å². The summed E-state index contributed by atoms with van der Waals surface area (Å²) >= 11 is 0. The Labute approximate surface area is 175 Å². The summed E-state index contributed by atoms with van der Waals surface area (Å²) < 4.78 is 0. The molecule has 0 aliphatic carbocycles. The summed E-state index contributed by atoms with van der Waals surface area (Å²) in [4.78, 5) is 8.96. The average molecular weight is 394 g/mol. The molecule has 5 rings (SSSR count). The Bertz CT molecular complexity index is 1220. The number of nitrogens with one attached hydrogen (secondary N) is 3. The first-order valence-corrected chi connectivity index (χ1v) is 9.89. The minimum Gasteiger partial charge on any atom is -0.378 e. The van der Waals surface area contributed by atoms with Crippen LogP contribution in [0.25, 0.3) is 28.2 Å². The van der Waals surface area contributed by atoms with Crippen LogP contribution < -0.4 is 10.6 Å². The average Bonchev–Trinajstić information content (AvgIpc) is 3.33. The van der Waals surface area contributed by atoms with E-state index in [0.717, 1.165) is 45.2 Å². The molecule has 2 aromatic carbocycles. The van der Waals surface area contributed by atoms with Crippen molar-refractivity contribution >= 4 is 17.3 Å². The molecule has 0 fully saturated rings. The molecule has 1 aliphatic heterocycles. The molecule has 4 aromatic rings. The molecule has 0 saturated heterocycles. The third-order valence-corrected chi connectivity index (χ3v) is 5.38. The normalized spacial score (nSPS) is 15.0. The number of hydrogen-bond acceptors (Lipinski definition) is 5. The molecule has 1 unspecified atom stereocenters. The third kappa shape index (κ3) is 3.33. The van der Waals surface area contributed by atoms with Crippen LogP contribution in [0.5, 0.6) is 0 Å². The van der Waals surface area contributed by atoms with Crippen LogP contribution in [0.2, 0.25) is 0 Å². The van der Waals surface area contributed by atoms with E-state index in [4.69, 9.17) is 0 Å². The maximum absolute atomic E-state index is 4.59. The van der Waals surface area contributed by atoms with E-state index in [0.29, 0.717) is 5.95 Å². The van der Waals surface area contributed by atoms with Gasteiger partial charge >= 0.3 is 0 Å². The number of pyridine rings is 1. The molecule has 3 N–H and O–H groups in total. The van der Waals surface area contributed by atoms with Crippen LogP contribution in [0.15, 0.2) is 67.4 Å². The van der Waals surface area contributed by atoms with Crippen molar-refractivity contribution in [2.75, 3.05) is 5.32 Å². The molecule has 6 heteroatoms. The zero-order valence-electron chi connectivity index (χ0n) is 16.9. The van der Waals surface area contributed by atoms with E-state index in [1.54, 1.807) is 0 Å². The maximum atomic E-state index is 4.59. The van der Waals surface area contributed by atoms with Gasteiger partial charge in [-0.2, -0.15) is 4.98 Å². The number of fused-ring (bicyclic) bond motifs is 1. The molecule has 0 bridgehead atoms. The summed E-state index contributed by atoms with van der Waals surface area (Å²) in [7, 11) is 0. The SMILES string of the molecule is C=C1NC(C)c2cc(Nc3n[nH]c(-c4ccc(-c5ccc(C)nc5)cc4)n3)ccc21. The van der Waals surface area contributed by atoms with Gasteiger partial charge in [-0.1, -0.05) is 43.0 Å². The van der Waals surface area contributed by atoms with Crippen LogP contribution in [0.3, 0.4) is 0 Å². The number of rotatable bonds is 4. The molecule has 0 radical (unpaired) electrons. The third-order valence-electron chi connectivity index (χ3n) is 5.38. The second kappa shape index (κ2) is 7.15. The van der Waals surface area contributed by atoms with Crippen LogP contribution in [0.1, 0.15) is 29.8 Å². The second-order valence-electron chi connectivity index (χ2n) is 7.54. The van der Waals surface area contributed by atoms with Crippen molar-refractivity contribution in [2.45, 2.75) is 19.9 Å². The number of aromatic nitrogens is 4. The number of nitrogens with zero attached hydrogens (tertiary/aromatic N) is 3. The van der Waals surface area contributed by atoms with Crippen molar-refractivity contribution < 1.29 is 0 Å². The lowest BCUT2D eigenvalue weighted by Gasteiger charge is -2.07. The number of benzene rings is 2. The number of aromatic amines is 1. The van der Waals surface area contributed by atoms with Gasteiger partial charge in [-0.25, -0.2) is 0 Å². The number of hydrogen-bond donors (Lipinski definition) is 3. The fourth-order valence-electron chi connectivity index (χ4n) is 3.73. The lowest BCUT2D eigenvalue weighted by atomic mass is 10.0. The summed E-state index contributed by atoms with van der Waals surface area (Å²) in [6.45, 7) is 8.17. The van der Waals surface area contributed by atoms with Crippen molar-refractivity contribution in [2.24, 2.45) is 0 Å². The molecule has 1 aliphatic rings. The molecule has 6 nitrogen and oxygen atoms in total. The molecule has 0 saturated carbocycles. The van der Waals surface area contributed by atoms with Gasteiger partial charge in [-0.05, 0) is 43.2 Å². The summed E-state index contributed by atoms with van der Waals surface area (Å²) in [5.74, 6) is 1.25. The quantitative estimate of drug-likeness (QED) is 0.442. The Morgan fingerprint density at radius 3 is 2.50 bits per heavy atom. The van der Waals surface area contributed by atoms with Crippen molar-refractivity contribution in [3.05, 3.63) is 84.2 Å². The monoisotopic (exact) mass is 394 g/mol. The molecule has 30 heavy (non-hydrogen) atoms. The Morgan fingerprint density at radius 1 is 0.967 bits per heavy atom. The van der Waals surface area contributed by atoms with Gasteiger partial charge < -0.3 is 10.6 Å². The zero-order valence-corrected chi connectivity index (χ0v) is 16.9. The first-order valence-electron chi connectivity index (χ1n) is 9.89. The fourth-order valence-corrected chi connectivity index (χ4v) is 3.73. The first kappa shape index (κ1) is 18.1. The van der Waals surface area contributed by atoms with E-state index < -0.39 is 0 Å². The Kier molecular flexibility index (Phi) is 4.32. The van der Waals surface area contributed by atoms with Crippen LogP contribution in [0.4, 0.5) is 11.6 Å². The lowest BCUT2D eigenvalue weighted by molar-refractivity contribution is 0.737. The van der Waals surface area contributed by atoms with Gasteiger partial charge in [0.15, 0.2) is 5.82 Å². The molecular formula is C24H22N6. The predicted octanol–water partition coefficient (Wildman–Crippen LogP) is 5.22. The minimum absolute atomic E-state index is 0.249. The molecule has 3 heterocycles. The molecule has 0 amide bonds. The topological polar surface area (TPSA) is 78.5 Å².